The number of carbonyl (C=O) groups excluding carboxylic acids is 1. The van der Waals surface area contributed by atoms with Gasteiger partial charge < -0.3 is 19.0 Å². The van der Waals surface area contributed by atoms with Crippen molar-refractivity contribution in [1.29, 1.82) is 0 Å². The first-order valence-corrected chi connectivity index (χ1v) is 8.66. The molecule has 3 heterocycles. The van der Waals surface area contributed by atoms with Crippen LogP contribution in [0.15, 0.2) is 10.6 Å². The summed E-state index contributed by atoms with van der Waals surface area (Å²) in [6.45, 7) is 5.46. The molecule has 1 unspecified atom stereocenters. The van der Waals surface area contributed by atoms with Gasteiger partial charge in [-0.3, -0.25) is 4.79 Å². The van der Waals surface area contributed by atoms with Crippen LogP contribution >= 0.6 is 0 Å². The molecule has 2 aromatic heterocycles. The molecule has 1 aliphatic carbocycles. The molecule has 0 radical (unpaired) electrons. The van der Waals surface area contributed by atoms with E-state index in [0.29, 0.717) is 19.8 Å². The zero-order valence-corrected chi connectivity index (χ0v) is 14.2. The van der Waals surface area contributed by atoms with E-state index in [-0.39, 0.29) is 11.9 Å². The van der Waals surface area contributed by atoms with E-state index in [1.54, 1.807) is 6.20 Å². The Labute approximate surface area is 141 Å². The minimum absolute atomic E-state index is 0.0433. The fourth-order valence-corrected chi connectivity index (χ4v) is 3.80. The zero-order valence-electron chi connectivity index (χ0n) is 14.2. The van der Waals surface area contributed by atoms with E-state index < -0.39 is 0 Å². The highest BCUT2D eigenvalue weighted by Crippen LogP contribution is 2.32. The van der Waals surface area contributed by atoms with E-state index >= 15 is 0 Å². The monoisotopic (exact) mass is 329 g/mol. The maximum Gasteiger partial charge on any atom is 0.258 e. The number of amides is 1. The first-order chi connectivity index (χ1) is 11.6. The lowest BCUT2D eigenvalue weighted by atomic mass is 9.94. The maximum absolute atomic E-state index is 13.3. The Hall–Kier alpha value is -2.08. The molecule has 0 spiro atoms. The SMILES string of the molecule is Cc1cnc(C2COCCN2C(=O)c2c(C)oc3c2CCCC3)[nH]1. The van der Waals surface area contributed by atoms with Crippen molar-refractivity contribution >= 4 is 5.91 Å². The molecule has 4 rings (SSSR count). The maximum atomic E-state index is 13.3. The van der Waals surface area contributed by atoms with Gasteiger partial charge in [0, 0.05) is 30.4 Å². The summed E-state index contributed by atoms with van der Waals surface area (Å²) in [6.07, 6.45) is 5.92. The van der Waals surface area contributed by atoms with E-state index in [4.69, 9.17) is 9.15 Å². The Balaban J connectivity index is 1.68. The molecular formula is C18H23N3O3. The number of morpholine rings is 1. The Morgan fingerprint density at radius 2 is 2.17 bits per heavy atom. The standard InChI is InChI=1S/C18H23N3O3/c1-11-9-19-17(20-11)14-10-23-8-7-21(14)18(22)16-12(2)24-15-6-4-3-5-13(15)16/h9,14H,3-8,10H2,1-2H3,(H,19,20). The third-order valence-corrected chi connectivity index (χ3v) is 4.99. The third-order valence-electron chi connectivity index (χ3n) is 4.99. The van der Waals surface area contributed by atoms with E-state index in [0.717, 1.165) is 59.8 Å². The highest BCUT2D eigenvalue weighted by atomic mass is 16.5. The van der Waals surface area contributed by atoms with Gasteiger partial charge in [-0.1, -0.05) is 0 Å². The van der Waals surface area contributed by atoms with Gasteiger partial charge in [0.2, 0.25) is 0 Å². The highest BCUT2D eigenvalue weighted by molar-refractivity contribution is 5.97. The summed E-state index contributed by atoms with van der Waals surface area (Å²) in [5, 5.41) is 0. The predicted octanol–water partition coefficient (Wildman–Crippen LogP) is 2.71. The van der Waals surface area contributed by atoms with Crippen LogP contribution in [0.25, 0.3) is 0 Å². The fourth-order valence-electron chi connectivity index (χ4n) is 3.80. The molecular weight excluding hydrogens is 306 g/mol. The molecule has 0 aromatic carbocycles. The second kappa shape index (κ2) is 6.09. The van der Waals surface area contributed by atoms with Gasteiger partial charge in [0.25, 0.3) is 5.91 Å². The minimum atomic E-state index is -0.173. The molecule has 1 aliphatic heterocycles. The first kappa shape index (κ1) is 15.4. The van der Waals surface area contributed by atoms with Crippen LogP contribution in [0.4, 0.5) is 0 Å². The number of nitrogens with zero attached hydrogens (tertiary/aromatic N) is 2. The molecule has 24 heavy (non-hydrogen) atoms. The van der Waals surface area contributed by atoms with Crippen LogP contribution in [-0.4, -0.2) is 40.5 Å². The van der Waals surface area contributed by atoms with Crippen molar-refractivity contribution in [3.05, 3.63) is 40.4 Å². The van der Waals surface area contributed by atoms with Gasteiger partial charge in [-0.2, -0.15) is 0 Å². The second-order valence-corrected chi connectivity index (χ2v) is 6.68. The van der Waals surface area contributed by atoms with Gasteiger partial charge in [-0.05, 0) is 33.1 Å². The van der Waals surface area contributed by atoms with E-state index in [1.807, 2.05) is 18.7 Å². The van der Waals surface area contributed by atoms with Gasteiger partial charge in [-0.15, -0.1) is 0 Å². The lowest BCUT2D eigenvalue weighted by Gasteiger charge is -2.34. The summed E-state index contributed by atoms with van der Waals surface area (Å²) in [7, 11) is 0. The average Bonchev–Trinajstić information content (AvgIpc) is 3.16. The van der Waals surface area contributed by atoms with Crippen molar-refractivity contribution in [3.8, 4) is 0 Å². The normalized spacial score (nSPS) is 20.9. The molecule has 0 bridgehead atoms. The van der Waals surface area contributed by atoms with Crippen molar-refractivity contribution in [1.82, 2.24) is 14.9 Å². The van der Waals surface area contributed by atoms with Gasteiger partial charge in [0.1, 0.15) is 23.4 Å². The fraction of sp³-hybridized carbons (Fsp3) is 0.556. The van der Waals surface area contributed by atoms with Crippen LogP contribution in [0.2, 0.25) is 0 Å². The number of aromatic nitrogens is 2. The number of fused-ring (bicyclic) bond motifs is 1. The van der Waals surface area contributed by atoms with Crippen molar-refractivity contribution < 1.29 is 13.9 Å². The topological polar surface area (TPSA) is 71.4 Å². The molecule has 6 heteroatoms. The number of aryl methyl sites for hydroxylation is 3. The van der Waals surface area contributed by atoms with Crippen molar-refractivity contribution in [2.75, 3.05) is 19.8 Å². The Morgan fingerprint density at radius 3 is 2.96 bits per heavy atom. The molecule has 2 aliphatic rings. The van der Waals surface area contributed by atoms with Crippen LogP contribution in [0.3, 0.4) is 0 Å². The number of nitrogens with one attached hydrogen (secondary N) is 1. The summed E-state index contributed by atoms with van der Waals surface area (Å²) in [4.78, 5) is 22.9. The summed E-state index contributed by atoms with van der Waals surface area (Å²) in [5.41, 5.74) is 2.87. The number of ether oxygens (including phenoxy) is 1. The van der Waals surface area contributed by atoms with Gasteiger partial charge in [0.05, 0.1) is 18.8 Å². The Kier molecular flexibility index (Phi) is 3.92. The van der Waals surface area contributed by atoms with Crippen LogP contribution in [0, 0.1) is 13.8 Å². The van der Waals surface area contributed by atoms with Crippen LogP contribution in [-0.2, 0) is 17.6 Å². The van der Waals surface area contributed by atoms with Gasteiger partial charge in [0.15, 0.2) is 0 Å². The van der Waals surface area contributed by atoms with E-state index in [1.165, 1.54) is 0 Å². The Bertz CT molecular complexity index is 762. The third kappa shape index (κ3) is 2.55. The highest BCUT2D eigenvalue weighted by Gasteiger charge is 2.35. The smallest absolute Gasteiger partial charge is 0.258 e. The van der Waals surface area contributed by atoms with Crippen molar-refractivity contribution in [2.24, 2.45) is 0 Å². The molecule has 1 atom stereocenters. The number of aromatic amines is 1. The van der Waals surface area contributed by atoms with Crippen LogP contribution < -0.4 is 0 Å². The van der Waals surface area contributed by atoms with E-state index in [9.17, 15) is 4.79 Å². The predicted molar refractivity (Wildman–Crippen MR) is 88.0 cm³/mol. The number of rotatable bonds is 2. The summed E-state index contributed by atoms with van der Waals surface area (Å²) in [6, 6.07) is -0.173. The lowest BCUT2D eigenvalue weighted by Crippen LogP contribution is -2.44. The number of furan rings is 1. The molecule has 2 aromatic rings. The Morgan fingerprint density at radius 1 is 1.33 bits per heavy atom. The van der Waals surface area contributed by atoms with Gasteiger partial charge in [-0.25, -0.2) is 4.98 Å². The number of hydrogen-bond acceptors (Lipinski definition) is 4. The molecule has 0 saturated carbocycles. The van der Waals surface area contributed by atoms with Gasteiger partial charge >= 0.3 is 0 Å². The molecule has 6 nitrogen and oxygen atoms in total. The molecule has 1 N–H and O–H groups in total. The molecule has 1 fully saturated rings. The lowest BCUT2D eigenvalue weighted by molar-refractivity contribution is -0.00515. The summed E-state index contributed by atoms with van der Waals surface area (Å²) < 4.78 is 11.5. The quantitative estimate of drug-likeness (QED) is 0.919. The number of carbonyl (C=O) groups is 1. The summed E-state index contributed by atoms with van der Waals surface area (Å²) >= 11 is 0. The zero-order chi connectivity index (χ0) is 16.7. The van der Waals surface area contributed by atoms with Crippen LogP contribution in [0.1, 0.15) is 57.8 Å². The number of imidazole rings is 1. The average molecular weight is 329 g/mol. The second-order valence-electron chi connectivity index (χ2n) is 6.68. The van der Waals surface area contributed by atoms with Crippen molar-refractivity contribution in [2.45, 2.75) is 45.6 Å². The largest absolute Gasteiger partial charge is 0.465 e. The minimum Gasteiger partial charge on any atom is -0.465 e. The number of hydrogen-bond donors (Lipinski definition) is 1. The first-order valence-electron chi connectivity index (χ1n) is 8.66. The van der Waals surface area contributed by atoms with Crippen LogP contribution in [0.5, 0.6) is 0 Å². The van der Waals surface area contributed by atoms with E-state index in [2.05, 4.69) is 9.97 Å². The molecule has 1 amide bonds. The summed E-state index contributed by atoms with van der Waals surface area (Å²) in [5.74, 6) is 2.57. The molecule has 1 saturated heterocycles. The number of H-pyrrole nitrogens is 1. The van der Waals surface area contributed by atoms with Crippen molar-refractivity contribution in [3.63, 3.8) is 0 Å². The molecule has 128 valence electrons.